The number of benzene rings is 1. The van der Waals surface area contributed by atoms with Gasteiger partial charge in [-0.15, -0.1) is 6.58 Å². The molecule has 4 rings (SSSR count). The Morgan fingerprint density at radius 1 is 1.37 bits per heavy atom. The first-order valence-electron chi connectivity index (χ1n) is 9.05. The largest absolute Gasteiger partial charge is 0.497 e. The van der Waals surface area contributed by atoms with Gasteiger partial charge in [-0.05, 0) is 31.0 Å². The Morgan fingerprint density at radius 2 is 2.07 bits per heavy atom. The summed E-state index contributed by atoms with van der Waals surface area (Å²) < 4.78 is 11.3. The molecule has 0 aromatic heterocycles. The number of aliphatic carboxylic acids is 1. The van der Waals surface area contributed by atoms with E-state index >= 15 is 0 Å². The van der Waals surface area contributed by atoms with Crippen molar-refractivity contribution in [3.05, 3.63) is 54.1 Å². The van der Waals surface area contributed by atoms with Crippen LogP contribution in [0.5, 0.6) is 5.75 Å². The van der Waals surface area contributed by atoms with Crippen molar-refractivity contribution in [3.63, 3.8) is 0 Å². The number of carboxylic acids is 1. The van der Waals surface area contributed by atoms with Crippen LogP contribution in [0.15, 0.2) is 48.6 Å². The quantitative estimate of drug-likeness (QED) is 0.780. The Hall–Kier alpha value is -2.60. The van der Waals surface area contributed by atoms with E-state index in [0.717, 1.165) is 16.9 Å². The zero-order valence-corrected chi connectivity index (χ0v) is 15.4. The highest BCUT2D eigenvalue weighted by molar-refractivity contribution is 5.91. The van der Waals surface area contributed by atoms with Crippen LogP contribution < -0.4 is 4.74 Å². The first kappa shape index (κ1) is 17.8. The first-order valence-corrected chi connectivity index (χ1v) is 9.05. The predicted octanol–water partition coefficient (Wildman–Crippen LogP) is 2.40. The highest BCUT2D eigenvalue weighted by atomic mass is 16.5. The molecule has 27 heavy (non-hydrogen) atoms. The standard InChI is InChI=1S/C21H23NO5/c1-12(2)10-16-21-9-8-15(27-21)17(20(24)25)18(21)19(23)22(16)11-13-4-6-14(26-3)7-5-13/h4-9,15-18H,1,10-11H2,2-3H3,(H,24,25)/t15-,16+,17-,18+,21+/m0/s1. The van der Waals surface area contributed by atoms with Crippen molar-refractivity contribution in [3.8, 4) is 5.75 Å². The summed E-state index contributed by atoms with van der Waals surface area (Å²) in [6.45, 7) is 6.32. The Morgan fingerprint density at radius 3 is 2.67 bits per heavy atom. The van der Waals surface area contributed by atoms with Crippen LogP contribution >= 0.6 is 0 Å². The van der Waals surface area contributed by atoms with E-state index < -0.39 is 29.5 Å². The normalized spacial score (nSPS) is 33.4. The number of hydrogen-bond acceptors (Lipinski definition) is 4. The Labute approximate surface area is 158 Å². The van der Waals surface area contributed by atoms with Crippen molar-refractivity contribution < 1.29 is 24.2 Å². The number of carbonyl (C=O) groups is 2. The third kappa shape index (κ3) is 2.58. The molecule has 2 fully saturated rings. The van der Waals surface area contributed by atoms with E-state index in [0.29, 0.717) is 13.0 Å². The van der Waals surface area contributed by atoms with Crippen LogP contribution in [-0.4, -0.2) is 46.7 Å². The fourth-order valence-electron chi connectivity index (χ4n) is 4.72. The fourth-order valence-corrected chi connectivity index (χ4v) is 4.72. The van der Waals surface area contributed by atoms with Gasteiger partial charge in [0.05, 0.1) is 25.2 Å². The van der Waals surface area contributed by atoms with Gasteiger partial charge in [-0.1, -0.05) is 29.9 Å². The van der Waals surface area contributed by atoms with Crippen LogP contribution in [0.2, 0.25) is 0 Å². The molecule has 0 radical (unpaired) electrons. The van der Waals surface area contributed by atoms with Crippen LogP contribution in [0.1, 0.15) is 18.9 Å². The summed E-state index contributed by atoms with van der Waals surface area (Å²) in [5.74, 6) is -1.92. The maximum absolute atomic E-state index is 13.3. The molecule has 0 unspecified atom stereocenters. The summed E-state index contributed by atoms with van der Waals surface area (Å²) >= 11 is 0. The molecule has 142 valence electrons. The van der Waals surface area contributed by atoms with Gasteiger partial charge in [-0.2, -0.15) is 0 Å². The van der Waals surface area contributed by atoms with E-state index in [1.54, 1.807) is 18.1 Å². The highest BCUT2D eigenvalue weighted by Gasteiger charge is 2.70. The van der Waals surface area contributed by atoms with Gasteiger partial charge in [0.2, 0.25) is 5.91 Å². The third-order valence-corrected chi connectivity index (χ3v) is 5.87. The molecule has 0 saturated carbocycles. The fraction of sp³-hybridized carbons (Fsp3) is 0.429. The van der Waals surface area contributed by atoms with Crippen LogP contribution in [-0.2, 0) is 20.9 Å². The van der Waals surface area contributed by atoms with Gasteiger partial charge in [0.25, 0.3) is 0 Å². The molecule has 3 aliphatic rings. The number of likely N-dealkylation sites (tertiary alicyclic amines) is 1. The van der Waals surface area contributed by atoms with E-state index in [2.05, 4.69) is 6.58 Å². The molecule has 3 aliphatic heterocycles. The van der Waals surface area contributed by atoms with E-state index in [-0.39, 0.29) is 11.9 Å². The topological polar surface area (TPSA) is 76.1 Å². The molecule has 1 N–H and O–H groups in total. The van der Waals surface area contributed by atoms with Crippen LogP contribution in [0.3, 0.4) is 0 Å². The molecule has 1 aromatic carbocycles. The minimum atomic E-state index is -0.982. The van der Waals surface area contributed by atoms with Crippen LogP contribution in [0, 0.1) is 11.8 Å². The molecular formula is C21H23NO5. The van der Waals surface area contributed by atoms with Gasteiger partial charge in [0.1, 0.15) is 17.3 Å². The molecule has 1 spiro atoms. The molecule has 2 saturated heterocycles. The highest BCUT2D eigenvalue weighted by Crippen LogP contribution is 2.56. The molecular weight excluding hydrogens is 346 g/mol. The summed E-state index contributed by atoms with van der Waals surface area (Å²) in [5, 5.41) is 9.68. The number of methoxy groups -OCH3 is 1. The zero-order valence-electron chi connectivity index (χ0n) is 15.4. The Kier molecular flexibility index (Phi) is 4.11. The zero-order chi connectivity index (χ0) is 19.3. The smallest absolute Gasteiger partial charge is 0.310 e. The van der Waals surface area contributed by atoms with Crippen LogP contribution in [0.4, 0.5) is 0 Å². The first-order chi connectivity index (χ1) is 12.9. The van der Waals surface area contributed by atoms with Gasteiger partial charge in [0.15, 0.2) is 0 Å². The number of ether oxygens (including phenoxy) is 2. The van der Waals surface area contributed by atoms with E-state index in [9.17, 15) is 14.7 Å². The average Bonchev–Trinajstić information content (AvgIpc) is 3.27. The van der Waals surface area contributed by atoms with Crippen molar-refractivity contribution >= 4 is 11.9 Å². The predicted molar refractivity (Wildman–Crippen MR) is 98.1 cm³/mol. The van der Waals surface area contributed by atoms with Gasteiger partial charge < -0.3 is 19.5 Å². The summed E-state index contributed by atoms with van der Waals surface area (Å²) in [6, 6.07) is 7.27. The van der Waals surface area contributed by atoms with Crippen molar-refractivity contribution in [2.24, 2.45) is 11.8 Å². The number of carbonyl (C=O) groups excluding carboxylic acids is 1. The minimum Gasteiger partial charge on any atom is -0.497 e. The summed E-state index contributed by atoms with van der Waals surface area (Å²) in [7, 11) is 1.61. The Balaban J connectivity index is 1.70. The Bertz CT molecular complexity index is 829. The van der Waals surface area contributed by atoms with Gasteiger partial charge in [0, 0.05) is 6.54 Å². The second kappa shape index (κ2) is 6.23. The summed E-state index contributed by atoms with van der Waals surface area (Å²) in [4.78, 5) is 26.9. The van der Waals surface area contributed by atoms with Gasteiger partial charge >= 0.3 is 5.97 Å². The number of hydrogen-bond donors (Lipinski definition) is 1. The second-order valence-electron chi connectivity index (χ2n) is 7.63. The van der Waals surface area contributed by atoms with E-state index in [1.165, 1.54) is 0 Å². The van der Waals surface area contributed by atoms with Gasteiger partial charge in [-0.3, -0.25) is 9.59 Å². The lowest BCUT2D eigenvalue weighted by molar-refractivity contribution is -0.148. The lowest BCUT2D eigenvalue weighted by Gasteiger charge is -2.33. The number of fused-ring (bicyclic) bond motifs is 1. The lowest BCUT2D eigenvalue weighted by Crippen LogP contribution is -2.45. The monoisotopic (exact) mass is 369 g/mol. The molecule has 1 aromatic rings. The molecule has 5 atom stereocenters. The lowest BCUT2D eigenvalue weighted by atomic mass is 9.74. The maximum Gasteiger partial charge on any atom is 0.310 e. The summed E-state index contributed by atoms with van der Waals surface area (Å²) in [6.07, 6.45) is 3.74. The van der Waals surface area contributed by atoms with Crippen molar-refractivity contribution in [2.45, 2.75) is 37.6 Å². The minimum absolute atomic E-state index is 0.156. The number of amides is 1. The molecule has 1 amide bonds. The number of rotatable bonds is 6. The number of carboxylic acid groups (broad SMARTS) is 1. The van der Waals surface area contributed by atoms with E-state index in [4.69, 9.17) is 9.47 Å². The van der Waals surface area contributed by atoms with Gasteiger partial charge in [-0.25, -0.2) is 0 Å². The van der Waals surface area contributed by atoms with Crippen molar-refractivity contribution in [1.29, 1.82) is 0 Å². The molecule has 6 heteroatoms. The average molecular weight is 369 g/mol. The van der Waals surface area contributed by atoms with Crippen molar-refractivity contribution in [1.82, 2.24) is 4.90 Å². The second-order valence-corrected chi connectivity index (χ2v) is 7.63. The summed E-state index contributed by atoms with van der Waals surface area (Å²) in [5.41, 5.74) is 1.01. The molecule has 0 aliphatic carbocycles. The molecule has 6 nitrogen and oxygen atoms in total. The number of nitrogens with zero attached hydrogens (tertiary/aromatic N) is 1. The molecule has 2 bridgehead atoms. The molecule has 3 heterocycles. The SMILES string of the molecule is C=C(C)C[C@H]1N(Cc2ccc(OC)cc2)C(=O)[C@H]2[C@@H](C(=O)O)[C@@H]3C=C[C@]21O3. The van der Waals surface area contributed by atoms with E-state index in [1.807, 2.05) is 37.3 Å². The van der Waals surface area contributed by atoms with Crippen LogP contribution in [0.25, 0.3) is 0 Å². The maximum atomic E-state index is 13.3. The van der Waals surface area contributed by atoms with Crippen molar-refractivity contribution in [2.75, 3.05) is 7.11 Å². The third-order valence-electron chi connectivity index (χ3n) is 5.87.